The summed E-state index contributed by atoms with van der Waals surface area (Å²) >= 11 is 0. The molecule has 2 aliphatic rings. The Morgan fingerprint density at radius 3 is 2.24 bits per heavy atom. The van der Waals surface area contributed by atoms with Crippen LogP contribution < -0.4 is 0 Å². The fraction of sp³-hybridized carbons (Fsp3) is 0.364. The number of carbonyl (C=O) groups is 1. The molecule has 0 saturated carbocycles. The van der Waals surface area contributed by atoms with Gasteiger partial charge in [0.05, 0.1) is 17.5 Å². The molecule has 17 heavy (non-hydrogen) atoms. The molecule has 3 rings (SSSR count). The molecule has 6 nitrogen and oxygen atoms in total. The van der Waals surface area contributed by atoms with Gasteiger partial charge in [-0.3, -0.25) is 9.36 Å². The average molecular weight is 237 g/mol. The van der Waals surface area contributed by atoms with Gasteiger partial charge >= 0.3 is 5.97 Å². The van der Waals surface area contributed by atoms with Crippen LogP contribution in [-0.4, -0.2) is 25.9 Å². The zero-order valence-corrected chi connectivity index (χ0v) is 8.83. The molecule has 2 bridgehead atoms. The number of hydrogen-bond donors (Lipinski definition) is 3. The number of aromatic nitrogens is 1. The van der Waals surface area contributed by atoms with E-state index in [1.165, 1.54) is 4.57 Å². The minimum atomic E-state index is -0.977. The third kappa shape index (κ3) is 1.27. The SMILES string of the molecule is O=C(O)CCn1c(O)c2c(c1O)[C@H]1C=C[C@H]2O1. The Labute approximate surface area is 96.4 Å². The summed E-state index contributed by atoms with van der Waals surface area (Å²) in [5, 5.41) is 28.5. The number of aliphatic carboxylic acids is 1. The minimum absolute atomic E-state index is 0.0411. The quantitative estimate of drug-likeness (QED) is 0.683. The first-order chi connectivity index (χ1) is 8.09. The second kappa shape index (κ2) is 3.27. The predicted octanol–water partition coefficient (Wildman–Crippen LogP) is 1.06. The van der Waals surface area contributed by atoms with Gasteiger partial charge in [0.15, 0.2) is 0 Å². The molecule has 0 spiro atoms. The van der Waals surface area contributed by atoms with Crippen molar-refractivity contribution in [3.63, 3.8) is 0 Å². The first-order valence-electron chi connectivity index (χ1n) is 5.29. The Morgan fingerprint density at radius 1 is 1.24 bits per heavy atom. The van der Waals surface area contributed by atoms with Crippen molar-refractivity contribution in [3.8, 4) is 11.8 Å². The Kier molecular flexibility index (Phi) is 1.97. The maximum atomic E-state index is 10.5. The molecule has 0 amide bonds. The summed E-state index contributed by atoms with van der Waals surface area (Å²) in [5.41, 5.74) is 1.11. The Morgan fingerprint density at radius 2 is 1.76 bits per heavy atom. The summed E-state index contributed by atoms with van der Waals surface area (Å²) in [6.45, 7) is 0.0411. The number of nitrogens with zero attached hydrogens (tertiary/aromatic N) is 1. The van der Waals surface area contributed by atoms with Crippen LogP contribution in [0.25, 0.3) is 0 Å². The maximum absolute atomic E-state index is 10.5. The Hall–Kier alpha value is -1.95. The van der Waals surface area contributed by atoms with Crippen LogP contribution in [-0.2, 0) is 16.1 Å². The van der Waals surface area contributed by atoms with E-state index < -0.39 is 5.97 Å². The third-order valence-corrected chi connectivity index (χ3v) is 3.16. The second-order valence-electron chi connectivity index (χ2n) is 4.13. The molecule has 0 fully saturated rings. The van der Waals surface area contributed by atoms with E-state index in [1.54, 1.807) is 0 Å². The summed E-state index contributed by atoms with van der Waals surface area (Å²) in [6.07, 6.45) is 2.82. The first kappa shape index (κ1) is 10.2. The highest BCUT2D eigenvalue weighted by Gasteiger charge is 2.42. The van der Waals surface area contributed by atoms with Crippen LogP contribution in [0, 0.1) is 0 Å². The van der Waals surface area contributed by atoms with Crippen LogP contribution >= 0.6 is 0 Å². The van der Waals surface area contributed by atoms with E-state index in [4.69, 9.17) is 9.84 Å². The number of carboxylic acid groups (broad SMARTS) is 1. The average Bonchev–Trinajstić information content (AvgIpc) is 2.92. The number of aromatic hydroxyl groups is 2. The van der Waals surface area contributed by atoms with Crippen molar-refractivity contribution in [2.24, 2.45) is 0 Å². The topological polar surface area (TPSA) is 91.9 Å². The minimum Gasteiger partial charge on any atom is -0.494 e. The number of carboxylic acids is 1. The van der Waals surface area contributed by atoms with Crippen LogP contribution in [0.15, 0.2) is 12.2 Å². The van der Waals surface area contributed by atoms with Crippen molar-refractivity contribution in [2.75, 3.05) is 0 Å². The normalized spacial score (nSPS) is 24.2. The summed E-state index contributed by atoms with van der Waals surface area (Å²) in [7, 11) is 0. The van der Waals surface area contributed by atoms with E-state index >= 15 is 0 Å². The molecule has 0 saturated heterocycles. The summed E-state index contributed by atoms with van der Waals surface area (Å²) in [4.78, 5) is 10.5. The van der Waals surface area contributed by atoms with Crippen molar-refractivity contribution >= 4 is 5.97 Å². The van der Waals surface area contributed by atoms with Crippen LogP contribution in [0.3, 0.4) is 0 Å². The fourth-order valence-electron chi connectivity index (χ4n) is 2.39. The molecule has 0 aromatic carbocycles. The van der Waals surface area contributed by atoms with Crippen LogP contribution in [0.1, 0.15) is 29.8 Å². The fourth-order valence-corrected chi connectivity index (χ4v) is 2.39. The van der Waals surface area contributed by atoms with Gasteiger partial charge < -0.3 is 20.1 Å². The smallest absolute Gasteiger partial charge is 0.305 e. The van der Waals surface area contributed by atoms with Gasteiger partial charge in [0.1, 0.15) is 12.2 Å². The summed E-state index contributed by atoms with van der Waals surface area (Å²) in [5.74, 6) is -1.18. The molecule has 0 aliphatic carbocycles. The number of fused-ring (bicyclic) bond motifs is 5. The highest BCUT2D eigenvalue weighted by molar-refractivity contribution is 5.66. The highest BCUT2D eigenvalue weighted by Crippen LogP contribution is 2.54. The Balaban J connectivity index is 2.00. The molecule has 0 radical (unpaired) electrons. The lowest BCUT2D eigenvalue weighted by Crippen LogP contribution is -2.04. The molecule has 3 N–H and O–H groups in total. The van der Waals surface area contributed by atoms with Crippen molar-refractivity contribution < 1.29 is 24.9 Å². The van der Waals surface area contributed by atoms with E-state index in [-0.39, 0.29) is 36.9 Å². The van der Waals surface area contributed by atoms with Gasteiger partial charge in [0.25, 0.3) is 0 Å². The van der Waals surface area contributed by atoms with Gasteiger partial charge in [0.2, 0.25) is 11.8 Å². The predicted molar refractivity (Wildman–Crippen MR) is 55.7 cm³/mol. The standard InChI is InChI=1S/C11H11NO5/c13-7(14)3-4-12-10(15)8-5-1-2-6(17-5)9(8)11(12)16/h1-2,5-6,15-16H,3-4H2,(H,13,14)/t5-,6-/m1/s1. The maximum Gasteiger partial charge on any atom is 0.305 e. The lowest BCUT2D eigenvalue weighted by atomic mass is 10.0. The number of ether oxygens (including phenoxy) is 1. The molecule has 1 aromatic rings. The molecule has 2 aliphatic heterocycles. The molecule has 3 heterocycles. The van der Waals surface area contributed by atoms with Crippen LogP contribution in [0.2, 0.25) is 0 Å². The Bertz CT molecular complexity index is 495. The monoisotopic (exact) mass is 237 g/mol. The lowest BCUT2D eigenvalue weighted by Gasteiger charge is -2.08. The number of hydrogen-bond acceptors (Lipinski definition) is 4. The van der Waals surface area contributed by atoms with E-state index in [9.17, 15) is 15.0 Å². The van der Waals surface area contributed by atoms with Crippen molar-refractivity contribution in [1.29, 1.82) is 0 Å². The van der Waals surface area contributed by atoms with E-state index in [0.29, 0.717) is 11.1 Å². The first-order valence-corrected chi connectivity index (χ1v) is 5.29. The van der Waals surface area contributed by atoms with Gasteiger partial charge in [-0.1, -0.05) is 12.2 Å². The largest absolute Gasteiger partial charge is 0.494 e. The van der Waals surface area contributed by atoms with Crippen molar-refractivity contribution in [2.45, 2.75) is 25.2 Å². The molecule has 0 unspecified atom stereocenters. The van der Waals surface area contributed by atoms with Crippen LogP contribution in [0.4, 0.5) is 0 Å². The molecule has 1 aromatic heterocycles. The van der Waals surface area contributed by atoms with Gasteiger partial charge in [-0.2, -0.15) is 0 Å². The van der Waals surface area contributed by atoms with Crippen LogP contribution in [0.5, 0.6) is 11.8 Å². The van der Waals surface area contributed by atoms with Gasteiger partial charge in [-0.25, -0.2) is 0 Å². The lowest BCUT2D eigenvalue weighted by molar-refractivity contribution is -0.137. The van der Waals surface area contributed by atoms with Gasteiger partial charge in [-0.15, -0.1) is 0 Å². The molecular formula is C11H11NO5. The molecule has 90 valence electrons. The van der Waals surface area contributed by atoms with E-state index in [2.05, 4.69) is 0 Å². The third-order valence-electron chi connectivity index (χ3n) is 3.16. The second-order valence-corrected chi connectivity index (χ2v) is 4.13. The zero-order chi connectivity index (χ0) is 12.2. The summed E-state index contributed by atoms with van der Waals surface area (Å²) in [6, 6.07) is 0. The van der Waals surface area contributed by atoms with Gasteiger partial charge in [0, 0.05) is 6.54 Å². The molecular weight excluding hydrogens is 226 g/mol. The molecule has 2 atom stereocenters. The zero-order valence-electron chi connectivity index (χ0n) is 8.83. The number of rotatable bonds is 3. The summed E-state index contributed by atoms with van der Waals surface area (Å²) < 4.78 is 6.68. The van der Waals surface area contributed by atoms with Crippen molar-refractivity contribution in [1.82, 2.24) is 4.57 Å². The van der Waals surface area contributed by atoms with E-state index in [1.807, 2.05) is 12.2 Å². The highest BCUT2D eigenvalue weighted by atomic mass is 16.5. The van der Waals surface area contributed by atoms with Gasteiger partial charge in [-0.05, 0) is 0 Å². The molecule has 6 heteroatoms. The van der Waals surface area contributed by atoms with Crippen molar-refractivity contribution in [3.05, 3.63) is 23.3 Å². The van der Waals surface area contributed by atoms with E-state index in [0.717, 1.165) is 0 Å².